The van der Waals surface area contributed by atoms with Crippen LogP contribution in [-0.2, 0) is 16.6 Å². The van der Waals surface area contributed by atoms with E-state index in [-0.39, 0.29) is 18.1 Å². The first-order valence-electron chi connectivity index (χ1n) is 9.43. The molecule has 2 heterocycles. The fourth-order valence-corrected chi connectivity index (χ4v) is 3.38. The molecule has 0 aliphatic carbocycles. The van der Waals surface area contributed by atoms with E-state index in [0.717, 1.165) is 16.5 Å². The normalized spacial score (nSPS) is 15.3. The van der Waals surface area contributed by atoms with Crippen molar-refractivity contribution in [3.05, 3.63) is 65.5 Å². The molecule has 148 valence electrons. The van der Waals surface area contributed by atoms with Crippen molar-refractivity contribution in [2.75, 3.05) is 6.61 Å². The Morgan fingerprint density at radius 1 is 1.24 bits per heavy atom. The van der Waals surface area contributed by atoms with Gasteiger partial charge in [0.2, 0.25) is 5.78 Å². The maximum Gasteiger partial charge on any atom is 0.347 e. The molecule has 1 aromatic heterocycles. The molecule has 0 saturated carbocycles. The number of ether oxygens (including phenoxy) is 3. The van der Waals surface area contributed by atoms with Crippen molar-refractivity contribution >= 4 is 28.7 Å². The number of rotatable bonds is 5. The number of allylic oxidation sites excluding steroid dienone is 1. The Morgan fingerprint density at radius 3 is 2.83 bits per heavy atom. The van der Waals surface area contributed by atoms with Gasteiger partial charge in [-0.3, -0.25) is 4.79 Å². The molecule has 0 fully saturated rings. The third-order valence-corrected chi connectivity index (χ3v) is 4.79. The van der Waals surface area contributed by atoms with Crippen LogP contribution in [-0.4, -0.2) is 29.0 Å². The topological polar surface area (TPSA) is 66.8 Å². The summed E-state index contributed by atoms with van der Waals surface area (Å²) in [7, 11) is 1.96. The van der Waals surface area contributed by atoms with E-state index in [1.54, 1.807) is 38.1 Å². The molecule has 0 N–H and O–H groups in total. The summed E-state index contributed by atoms with van der Waals surface area (Å²) in [5, 5.41) is 1.04. The van der Waals surface area contributed by atoms with Crippen molar-refractivity contribution in [2.24, 2.45) is 7.05 Å². The van der Waals surface area contributed by atoms with E-state index in [4.69, 9.17) is 14.2 Å². The zero-order valence-electron chi connectivity index (χ0n) is 16.5. The third kappa shape index (κ3) is 3.49. The molecule has 1 aliphatic rings. The number of aryl methyl sites for hydroxylation is 1. The number of carbonyl (C=O) groups excluding carboxylic acids is 2. The molecule has 1 aliphatic heterocycles. The van der Waals surface area contributed by atoms with E-state index in [1.165, 1.54) is 0 Å². The Hall–Kier alpha value is -3.54. The number of Topliss-reactive ketones (excluding diaryl/α,β-unsaturated/α-hetero) is 1. The van der Waals surface area contributed by atoms with E-state index >= 15 is 0 Å². The molecular formula is C23H21NO5. The molecule has 29 heavy (non-hydrogen) atoms. The van der Waals surface area contributed by atoms with E-state index in [1.807, 2.05) is 42.1 Å². The highest BCUT2D eigenvalue weighted by Gasteiger charge is 2.28. The van der Waals surface area contributed by atoms with Gasteiger partial charge in [-0.25, -0.2) is 4.79 Å². The molecule has 6 nitrogen and oxygen atoms in total. The van der Waals surface area contributed by atoms with Crippen LogP contribution in [0.4, 0.5) is 0 Å². The monoisotopic (exact) mass is 391 g/mol. The molecule has 3 aromatic rings. The van der Waals surface area contributed by atoms with Gasteiger partial charge < -0.3 is 18.8 Å². The van der Waals surface area contributed by atoms with Gasteiger partial charge in [0.1, 0.15) is 11.5 Å². The van der Waals surface area contributed by atoms with Crippen LogP contribution in [0.2, 0.25) is 0 Å². The van der Waals surface area contributed by atoms with Crippen LogP contribution in [0.25, 0.3) is 17.0 Å². The van der Waals surface area contributed by atoms with Crippen molar-refractivity contribution in [1.82, 2.24) is 4.57 Å². The van der Waals surface area contributed by atoms with Gasteiger partial charge in [-0.15, -0.1) is 0 Å². The van der Waals surface area contributed by atoms with Crippen molar-refractivity contribution in [3.63, 3.8) is 0 Å². The van der Waals surface area contributed by atoms with Gasteiger partial charge in [0.25, 0.3) is 0 Å². The number of nitrogens with zero attached hydrogens (tertiary/aromatic N) is 1. The van der Waals surface area contributed by atoms with Crippen LogP contribution < -0.4 is 9.47 Å². The maximum absolute atomic E-state index is 12.8. The minimum Gasteiger partial charge on any atom is -0.479 e. The van der Waals surface area contributed by atoms with Crippen LogP contribution in [0.1, 0.15) is 29.8 Å². The second-order valence-electron chi connectivity index (χ2n) is 6.82. The van der Waals surface area contributed by atoms with Gasteiger partial charge >= 0.3 is 5.97 Å². The Labute approximate surface area is 168 Å². The summed E-state index contributed by atoms with van der Waals surface area (Å²) in [5.74, 6) is 0.477. The Balaban J connectivity index is 1.60. The van der Waals surface area contributed by atoms with Crippen molar-refractivity contribution in [1.29, 1.82) is 0 Å². The summed E-state index contributed by atoms with van der Waals surface area (Å²) < 4.78 is 18.4. The van der Waals surface area contributed by atoms with Crippen LogP contribution in [0.5, 0.6) is 11.5 Å². The first kappa shape index (κ1) is 18.8. The van der Waals surface area contributed by atoms with Crippen LogP contribution in [0.15, 0.2) is 54.4 Å². The first-order valence-corrected chi connectivity index (χ1v) is 9.43. The molecular weight excluding hydrogens is 370 g/mol. The molecule has 0 saturated heterocycles. The van der Waals surface area contributed by atoms with Gasteiger partial charge in [0.15, 0.2) is 11.9 Å². The minimum absolute atomic E-state index is 0.182. The molecule has 0 amide bonds. The molecule has 4 rings (SSSR count). The molecule has 0 spiro atoms. The summed E-state index contributed by atoms with van der Waals surface area (Å²) in [6.45, 7) is 3.64. The number of aromatic nitrogens is 1. The van der Waals surface area contributed by atoms with Crippen LogP contribution in [0.3, 0.4) is 0 Å². The van der Waals surface area contributed by atoms with E-state index in [2.05, 4.69) is 0 Å². The molecule has 0 unspecified atom stereocenters. The SMILES string of the molecule is CCOC(=O)[C@@H](C)Oc1ccc2c(c1)OC(=Cc1cn(C)c3ccccc13)C2=O. The highest BCUT2D eigenvalue weighted by atomic mass is 16.6. The summed E-state index contributed by atoms with van der Waals surface area (Å²) in [6, 6.07) is 12.9. The number of esters is 1. The number of hydrogen-bond acceptors (Lipinski definition) is 5. The van der Waals surface area contributed by atoms with E-state index in [9.17, 15) is 9.59 Å². The van der Waals surface area contributed by atoms with Crippen molar-refractivity contribution in [2.45, 2.75) is 20.0 Å². The number of ketones is 1. The molecule has 0 bridgehead atoms. The Morgan fingerprint density at radius 2 is 2.03 bits per heavy atom. The fraction of sp³-hybridized carbons (Fsp3) is 0.217. The zero-order chi connectivity index (χ0) is 20.5. The number of fused-ring (bicyclic) bond motifs is 2. The second kappa shape index (κ2) is 7.47. The lowest BCUT2D eigenvalue weighted by Gasteiger charge is -2.13. The third-order valence-electron chi connectivity index (χ3n) is 4.79. The second-order valence-corrected chi connectivity index (χ2v) is 6.82. The number of hydrogen-bond donors (Lipinski definition) is 0. The molecule has 0 radical (unpaired) electrons. The van der Waals surface area contributed by atoms with Gasteiger partial charge in [0, 0.05) is 35.8 Å². The van der Waals surface area contributed by atoms with Gasteiger partial charge in [-0.2, -0.15) is 0 Å². The van der Waals surface area contributed by atoms with Crippen molar-refractivity contribution in [3.8, 4) is 11.5 Å². The average Bonchev–Trinajstić information content (AvgIpc) is 3.19. The average molecular weight is 391 g/mol. The molecule has 6 heteroatoms. The first-order chi connectivity index (χ1) is 14.0. The predicted molar refractivity (Wildman–Crippen MR) is 109 cm³/mol. The summed E-state index contributed by atoms with van der Waals surface area (Å²) in [6.07, 6.45) is 2.97. The van der Waals surface area contributed by atoms with Gasteiger partial charge in [-0.05, 0) is 38.1 Å². The van der Waals surface area contributed by atoms with Crippen molar-refractivity contribution < 1.29 is 23.8 Å². The lowest BCUT2D eigenvalue weighted by atomic mass is 10.1. The lowest BCUT2D eigenvalue weighted by Crippen LogP contribution is -2.26. The quantitative estimate of drug-likeness (QED) is 0.483. The summed E-state index contributed by atoms with van der Waals surface area (Å²) in [5.41, 5.74) is 2.45. The van der Waals surface area contributed by atoms with Crippen LogP contribution in [0, 0.1) is 0 Å². The number of carbonyl (C=O) groups is 2. The summed E-state index contributed by atoms with van der Waals surface area (Å²) in [4.78, 5) is 24.5. The maximum atomic E-state index is 12.8. The zero-order valence-corrected chi connectivity index (χ0v) is 16.5. The number of para-hydroxylation sites is 1. The predicted octanol–water partition coefficient (Wildman–Crippen LogP) is 4.12. The largest absolute Gasteiger partial charge is 0.479 e. The highest BCUT2D eigenvalue weighted by Crippen LogP contribution is 2.36. The smallest absolute Gasteiger partial charge is 0.347 e. The van der Waals surface area contributed by atoms with Gasteiger partial charge in [-0.1, -0.05) is 18.2 Å². The highest BCUT2D eigenvalue weighted by molar-refractivity contribution is 6.15. The fourth-order valence-electron chi connectivity index (χ4n) is 3.38. The minimum atomic E-state index is -0.754. The number of benzene rings is 2. The standard InChI is InChI=1S/C23H21NO5/c1-4-27-23(26)14(2)28-16-9-10-18-20(12-16)29-21(22(18)25)11-15-13-24(3)19-8-6-5-7-17(15)19/h5-14H,4H2,1-3H3/t14-/m1/s1. The molecule has 2 aromatic carbocycles. The van der Waals surface area contributed by atoms with Crippen LogP contribution >= 0.6 is 0 Å². The van der Waals surface area contributed by atoms with Gasteiger partial charge in [0.05, 0.1) is 12.2 Å². The Bertz CT molecular complexity index is 1140. The summed E-state index contributed by atoms with van der Waals surface area (Å²) >= 11 is 0. The molecule has 1 atom stereocenters. The van der Waals surface area contributed by atoms with E-state index < -0.39 is 12.1 Å². The Kier molecular flexibility index (Phi) is 4.84. The lowest BCUT2D eigenvalue weighted by molar-refractivity contribution is -0.150. The van der Waals surface area contributed by atoms with E-state index in [0.29, 0.717) is 17.1 Å².